The number of esters is 1. The van der Waals surface area contributed by atoms with Crippen LogP contribution in [0.4, 0.5) is 4.39 Å². The summed E-state index contributed by atoms with van der Waals surface area (Å²) in [5, 5.41) is 0. The average Bonchev–Trinajstić information content (AvgIpc) is 2.44. The van der Waals surface area contributed by atoms with Gasteiger partial charge >= 0.3 is 5.97 Å². The highest BCUT2D eigenvalue weighted by Crippen LogP contribution is 2.10. The minimum absolute atomic E-state index is 0.144. The molecule has 0 amide bonds. The molecule has 0 aromatic heterocycles. The summed E-state index contributed by atoms with van der Waals surface area (Å²) >= 11 is 0. The van der Waals surface area contributed by atoms with Gasteiger partial charge in [0.25, 0.3) is 0 Å². The Hall–Kier alpha value is -1.62. The van der Waals surface area contributed by atoms with E-state index in [9.17, 15) is 9.18 Å². The number of ether oxygens (including phenoxy) is 2. The van der Waals surface area contributed by atoms with Gasteiger partial charge in [-0.05, 0) is 45.0 Å². The zero-order valence-electron chi connectivity index (χ0n) is 12.3. The van der Waals surface area contributed by atoms with Gasteiger partial charge in [-0.15, -0.1) is 0 Å². The van der Waals surface area contributed by atoms with Gasteiger partial charge in [0.1, 0.15) is 24.2 Å². The van der Waals surface area contributed by atoms with Crippen molar-refractivity contribution >= 4 is 5.97 Å². The van der Waals surface area contributed by atoms with Crippen molar-refractivity contribution in [1.29, 1.82) is 0 Å². The van der Waals surface area contributed by atoms with Crippen molar-refractivity contribution in [2.24, 2.45) is 0 Å². The third kappa shape index (κ3) is 6.02. The standard InChI is InChI=1S/C15H22FNO3/c1-4-17(5-2)10-12(3)20-15(18)11-19-14-8-6-13(16)7-9-14/h6-9,12H,4-5,10-11H2,1-3H3/p+1/t12-/m0/s1. The highest BCUT2D eigenvalue weighted by atomic mass is 19.1. The summed E-state index contributed by atoms with van der Waals surface area (Å²) in [7, 11) is 0. The van der Waals surface area contributed by atoms with Gasteiger partial charge in [-0.3, -0.25) is 0 Å². The second-order valence-corrected chi connectivity index (χ2v) is 4.70. The smallest absolute Gasteiger partial charge is 0.344 e. The van der Waals surface area contributed by atoms with Crippen LogP contribution in [-0.2, 0) is 9.53 Å². The fraction of sp³-hybridized carbons (Fsp3) is 0.533. The molecular weight excluding hydrogens is 261 g/mol. The highest BCUT2D eigenvalue weighted by molar-refractivity contribution is 5.71. The number of likely N-dealkylation sites (N-methyl/N-ethyl adjacent to an activating group) is 1. The average molecular weight is 284 g/mol. The van der Waals surface area contributed by atoms with Crippen molar-refractivity contribution in [1.82, 2.24) is 0 Å². The molecule has 1 aromatic rings. The summed E-state index contributed by atoms with van der Waals surface area (Å²) in [5.74, 6) is -0.297. The second-order valence-electron chi connectivity index (χ2n) is 4.70. The Labute approximate surface area is 119 Å². The predicted octanol–water partition coefficient (Wildman–Crippen LogP) is 1.06. The van der Waals surface area contributed by atoms with Crippen LogP contribution in [0.15, 0.2) is 24.3 Å². The molecule has 0 aliphatic heterocycles. The van der Waals surface area contributed by atoms with E-state index in [0.29, 0.717) is 5.75 Å². The zero-order valence-corrected chi connectivity index (χ0v) is 12.3. The van der Waals surface area contributed by atoms with E-state index in [4.69, 9.17) is 9.47 Å². The van der Waals surface area contributed by atoms with Gasteiger partial charge in [-0.25, -0.2) is 9.18 Å². The Balaban J connectivity index is 2.30. The second kappa shape index (κ2) is 8.53. The number of carbonyl (C=O) groups is 1. The van der Waals surface area contributed by atoms with Gasteiger partial charge < -0.3 is 14.4 Å². The summed E-state index contributed by atoms with van der Waals surface area (Å²) in [4.78, 5) is 13.0. The normalized spacial score (nSPS) is 12.2. The van der Waals surface area contributed by atoms with Gasteiger partial charge in [-0.2, -0.15) is 0 Å². The largest absolute Gasteiger partial charge is 0.482 e. The third-order valence-corrected chi connectivity index (χ3v) is 3.08. The fourth-order valence-electron chi connectivity index (χ4n) is 1.92. The maximum Gasteiger partial charge on any atom is 0.344 e. The lowest BCUT2D eigenvalue weighted by molar-refractivity contribution is -0.899. The first-order valence-corrected chi connectivity index (χ1v) is 6.96. The number of carbonyl (C=O) groups excluding carboxylic acids is 1. The molecule has 0 heterocycles. The van der Waals surface area contributed by atoms with E-state index in [1.54, 1.807) is 0 Å². The molecule has 0 aliphatic rings. The van der Waals surface area contributed by atoms with E-state index >= 15 is 0 Å². The molecule has 4 nitrogen and oxygen atoms in total. The monoisotopic (exact) mass is 284 g/mol. The molecule has 1 atom stereocenters. The van der Waals surface area contributed by atoms with Crippen LogP contribution < -0.4 is 9.64 Å². The van der Waals surface area contributed by atoms with Gasteiger partial charge in [0.15, 0.2) is 6.61 Å². The third-order valence-electron chi connectivity index (χ3n) is 3.08. The molecule has 0 saturated heterocycles. The van der Waals surface area contributed by atoms with E-state index in [2.05, 4.69) is 13.8 Å². The lowest BCUT2D eigenvalue weighted by Crippen LogP contribution is -3.12. The van der Waals surface area contributed by atoms with Crippen molar-refractivity contribution in [3.63, 3.8) is 0 Å². The van der Waals surface area contributed by atoms with Gasteiger partial charge in [0.05, 0.1) is 13.1 Å². The Morgan fingerprint density at radius 1 is 1.25 bits per heavy atom. The lowest BCUT2D eigenvalue weighted by atomic mass is 10.3. The number of benzene rings is 1. The van der Waals surface area contributed by atoms with Crippen LogP contribution in [0.5, 0.6) is 5.75 Å². The maximum absolute atomic E-state index is 12.7. The number of nitrogens with one attached hydrogen (secondary N) is 1. The van der Waals surface area contributed by atoms with Crippen LogP contribution >= 0.6 is 0 Å². The van der Waals surface area contributed by atoms with E-state index < -0.39 is 5.97 Å². The quantitative estimate of drug-likeness (QED) is 0.726. The van der Waals surface area contributed by atoms with Crippen LogP contribution in [0, 0.1) is 5.82 Å². The number of rotatable bonds is 8. The number of halogens is 1. The molecule has 1 aromatic carbocycles. The predicted molar refractivity (Wildman–Crippen MR) is 74.4 cm³/mol. The molecule has 20 heavy (non-hydrogen) atoms. The number of hydrogen-bond donors (Lipinski definition) is 1. The molecule has 0 spiro atoms. The Bertz CT molecular complexity index is 404. The van der Waals surface area contributed by atoms with Crippen LogP contribution in [-0.4, -0.2) is 38.3 Å². The summed E-state index contributed by atoms with van der Waals surface area (Å²) in [6.07, 6.45) is -0.144. The fourth-order valence-corrected chi connectivity index (χ4v) is 1.92. The summed E-state index contributed by atoms with van der Waals surface area (Å²) < 4.78 is 23.2. The summed E-state index contributed by atoms with van der Waals surface area (Å²) in [5.41, 5.74) is 0. The van der Waals surface area contributed by atoms with Gasteiger partial charge in [-0.1, -0.05) is 0 Å². The SMILES string of the molecule is CC[NH+](CC)C[C@H](C)OC(=O)COc1ccc(F)cc1. The molecule has 1 rings (SSSR count). The molecular formula is C15H23FNO3+. The van der Waals surface area contributed by atoms with Crippen LogP contribution in [0.2, 0.25) is 0 Å². The molecule has 0 saturated carbocycles. The minimum Gasteiger partial charge on any atom is -0.482 e. The van der Waals surface area contributed by atoms with Gasteiger partial charge in [0, 0.05) is 0 Å². The molecule has 1 N–H and O–H groups in total. The van der Waals surface area contributed by atoms with Crippen molar-refractivity contribution in [2.75, 3.05) is 26.2 Å². The lowest BCUT2D eigenvalue weighted by Gasteiger charge is -2.20. The summed E-state index contributed by atoms with van der Waals surface area (Å²) in [6.45, 7) is 8.71. The molecule has 0 unspecified atom stereocenters. The topological polar surface area (TPSA) is 40.0 Å². The molecule has 0 fully saturated rings. The summed E-state index contributed by atoms with van der Waals surface area (Å²) in [6, 6.07) is 5.53. The molecule has 0 radical (unpaired) electrons. The maximum atomic E-state index is 12.7. The molecule has 5 heteroatoms. The Kier molecular flexibility index (Phi) is 7.01. The van der Waals surface area contributed by atoms with E-state index in [-0.39, 0.29) is 18.5 Å². The first-order chi connectivity index (χ1) is 9.55. The van der Waals surface area contributed by atoms with Gasteiger partial charge in [0.2, 0.25) is 0 Å². The van der Waals surface area contributed by atoms with E-state index in [1.807, 2.05) is 6.92 Å². The van der Waals surface area contributed by atoms with Crippen molar-refractivity contribution in [3.05, 3.63) is 30.1 Å². The number of hydrogen-bond acceptors (Lipinski definition) is 3. The molecule has 0 aliphatic carbocycles. The minimum atomic E-state index is -0.409. The van der Waals surface area contributed by atoms with Crippen molar-refractivity contribution < 1.29 is 23.6 Å². The van der Waals surface area contributed by atoms with Crippen LogP contribution in [0.3, 0.4) is 0 Å². The van der Waals surface area contributed by atoms with Crippen molar-refractivity contribution in [3.8, 4) is 5.75 Å². The Morgan fingerprint density at radius 3 is 2.40 bits per heavy atom. The zero-order chi connectivity index (χ0) is 15.0. The first-order valence-electron chi connectivity index (χ1n) is 6.96. The van der Waals surface area contributed by atoms with Crippen molar-refractivity contribution in [2.45, 2.75) is 26.9 Å². The van der Waals surface area contributed by atoms with E-state index in [0.717, 1.165) is 19.6 Å². The van der Waals surface area contributed by atoms with Crippen LogP contribution in [0.1, 0.15) is 20.8 Å². The molecule has 112 valence electrons. The first kappa shape index (κ1) is 16.4. The van der Waals surface area contributed by atoms with E-state index in [1.165, 1.54) is 29.2 Å². The van der Waals surface area contributed by atoms with Crippen LogP contribution in [0.25, 0.3) is 0 Å². The molecule has 0 bridgehead atoms. The Morgan fingerprint density at radius 2 is 1.85 bits per heavy atom. The highest BCUT2D eigenvalue weighted by Gasteiger charge is 2.15. The number of quaternary nitrogens is 1.